The van der Waals surface area contributed by atoms with Crippen molar-refractivity contribution in [2.24, 2.45) is 5.92 Å². The standard InChI is InChI=1S/C9H14F3NO3/c1-6(7(14)15)4-2-3-5-13-8(16)9(10,11)12/h6H,2-5H2,1H3,(H,13,16)(H,14,15). The molecular weight excluding hydrogens is 227 g/mol. The average Bonchev–Trinajstić information content (AvgIpc) is 2.14. The molecule has 0 bridgehead atoms. The van der Waals surface area contributed by atoms with Crippen LogP contribution in [-0.4, -0.2) is 29.7 Å². The van der Waals surface area contributed by atoms with E-state index in [-0.39, 0.29) is 6.54 Å². The Morgan fingerprint density at radius 3 is 2.31 bits per heavy atom. The number of carboxylic acid groups (broad SMARTS) is 1. The van der Waals surface area contributed by atoms with E-state index in [0.717, 1.165) is 0 Å². The van der Waals surface area contributed by atoms with E-state index in [0.29, 0.717) is 19.3 Å². The van der Waals surface area contributed by atoms with Crippen LogP contribution in [0.15, 0.2) is 0 Å². The normalized spacial score (nSPS) is 13.2. The smallest absolute Gasteiger partial charge is 0.471 e. The van der Waals surface area contributed by atoms with Crippen LogP contribution in [0, 0.1) is 5.92 Å². The number of unbranched alkanes of at least 4 members (excludes halogenated alkanes) is 1. The van der Waals surface area contributed by atoms with E-state index in [1.165, 1.54) is 6.92 Å². The number of carbonyl (C=O) groups is 2. The van der Waals surface area contributed by atoms with Gasteiger partial charge in [0.2, 0.25) is 0 Å². The fourth-order valence-electron chi connectivity index (χ4n) is 1.00. The van der Waals surface area contributed by atoms with Crippen molar-refractivity contribution in [3.63, 3.8) is 0 Å². The number of aliphatic carboxylic acids is 1. The van der Waals surface area contributed by atoms with E-state index < -0.39 is 24.0 Å². The molecule has 0 rings (SSSR count). The average molecular weight is 241 g/mol. The third kappa shape index (κ3) is 6.26. The Kier molecular flexibility index (Phi) is 5.84. The molecule has 0 heterocycles. The lowest BCUT2D eigenvalue weighted by Crippen LogP contribution is -2.37. The van der Waals surface area contributed by atoms with E-state index in [2.05, 4.69) is 0 Å². The van der Waals surface area contributed by atoms with Crippen LogP contribution in [0.4, 0.5) is 13.2 Å². The number of rotatable bonds is 6. The highest BCUT2D eigenvalue weighted by molar-refractivity contribution is 5.81. The molecule has 4 nitrogen and oxygen atoms in total. The Labute approximate surface area is 90.8 Å². The van der Waals surface area contributed by atoms with Gasteiger partial charge >= 0.3 is 18.1 Å². The van der Waals surface area contributed by atoms with Crippen molar-refractivity contribution in [3.05, 3.63) is 0 Å². The van der Waals surface area contributed by atoms with Crippen LogP contribution in [0.3, 0.4) is 0 Å². The molecule has 0 radical (unpaired) electrons. The molecule has 7 heteroatoms. The number of hydrogen-bond acceptors (Lipinski definition) is 2. The van der Waals surface area contributed by atoms with Crippen LogP contribution in [0.5, 0.6) is 0 Å². The summed E-state index contributed by atoms with van der Waals surface area (Å²) in [5.74, 6) is -3.41. The van der Waals surface area contributed by atoms with E-state index in [1.54, 1.807) is 5.32 Å². The van der Waals surface area contributed by atoms with E-state index >= 15 is 0 Å². The molecule has 0 saturated heterocycles. The highest BCUT2D eigenvalue weighted by Crippen LogP contribution is 2.14. The minimum absolute atomic E-state index is 0.0926. The summed E-state index contributed by atoms with van der Waals surface area (Å²) < 4.78 is 35.1. The number of carbonyl (C=O) groups excluding carboxylic acids is 1. The van der Waals surface area contributed by atoms with Crippen LogP contribution in [-0.2, 0) is 9.59 Å². The molecule has 0 spiro atoms. The lowest BCUT2D eigenvalue weighted by Gasteiger charge is -2.08. The first kappa shape index (κ1) is 14.7. The second-order valence-corrected chi connectivity index (χ2v) is 3.49. The molecule has 0 aliphatic rings. The summed E-state index contributed by atoms with van der Waals surface area (Å²) in [6, 6.07) is 0. The molecule has 0 aliphatic carbocycles. The molecule has 0 aromatic heterocycles. The summed E-state index contributed by atoms with van der Waals surface area (Å²) in [5, 5.41) is 10.2. The van der Waals surface area contributed by atoms with Gasteiger partial charge in [-0.2, -0.15) is 13.2 Å². The van der Waals surface area contributed by atoms with Gasteiger partial charge in [0.25, 0.3) is 0 Å². The summed E-state index contributed by atoms with van der Waals surface area (Å²) >= 11 is 0. The molecule has 0 aromatic carbocycles. The van der Waals surface area contributed by atoms with Crippen LogP contribution < -0.4 is 5.32 Å². The zero-order chi connectivity index (χ0) is 12.8. The first-order valence-electron chi connectivity index (χ1n) is 4.83. The van der Waals surface area contributed by atoms with Crippen LogP contribution in [0.25, 0.3) is 0 Å². The minimum atomic E-state index is -4.85. The van der Waals surface area contributed by atoms with Gasteiger partial charge in [0, 0.05) is 6.54 Å². The van der Waals surface area contributed by atoms with Crippen LogP contribution in [0.1, 0.15) is 26.2 Å². The number of halogens is 3. The molecule has 0 aromatic rings. The predicted molar refractivity (Wildman–Crippen MR) is 49.7 cm³/mol. The predicted octanol–water partition coefficient (Wildman–Crippen LogP) is 1.56. The van der Waals surface area contributed by atoms with Gasteiger partial charge in [0.1, 0.15) is 0 Å². The fraction of sp³-hybridized carbons (Fsp3) is 0.778. The highest BCUT2D eigenvalue weighted by atomic mass is 19.4. The molecule has 1 amide bonds. The van der Waals surface area contributed by atoms with Crippen molar-refractivity contribution in [2.75, 3.05) is 6.54 Å². The summed E-state index contributed by atoms with van der Waals surface area (Å²) in [5.41, 5.74) is 0. The third-order valence-electron chi connectivity index (χ3n) is 2.03. The summed E-state index contributed by atoms with van der Waals surface area (Å²) in [6.07, 6.45) is -3.67. The van der Waals surface area contributed by atoms with Crippen molar-refractivity contribution < 1.29 is 27.9 Å². The lowest BCUT2D eigenvalue weighted by atomic mass is 10.0. The van der Waals surface area contributed by atoms with Crippen LogP contribution >= 0.6 is 0 Å². The summed E-state index contributed by atoms with van der Waals surface area (Å²) in [7, 11) is 0. The largest absolute Gasteiger partial charge is 0.481 e. The van der Waals surface area contributed by atoms with Crippen molar-refractivity contribution in [1.29, 1.82) is 0 Å². The zero-order valence-electron chi connectivity index (χ0n) is 8.80. The number of carboxylic acids is 1. The maximum Gasteiger partial charge on any atom is 0.471 e. The number of amides is 1. The Bertz CT molecular complexity index is 253. The van der Waals surface area contributed by atoms with Gasteiger partial charge < -0.3 is 10.4 Å². The van der Waals surface area contributed by atoms with Crippen molar-refractivity contribution in [1.82, 2.24) is 5.32 Å². The molecule has 0 fully saturated rings. The maximum absolute atomic E-state index is 11.7. The molecule has 94 valence electrons. The highest BCUT2D eigenvalue weighted by Gasteiger charge is 2.38. The van der Waals surface area contributed by atoms with Crippen molar-refractivity contribution in [3.8, 4) is 0 Å². The molecule has 0 aliphatic heterocycles. The fourth-order valence-corrected chi connectivity index (χ4v) is 1.00. The Morgan fingerprint density at radius 2 is 1.88 bits per heavy atom. The van der Waals surface area contributed by atoms with Gasteiger partial charge in [-0.1, -0.05) is 13.3 Å². The topological polar surface area (TPSA) is 66.4 Å². The second-order valence-electron chi connectivity index (χ2n) is 3.49. The number of hydrogen-bond donors (Lipinski definition) is 2. The van der Waals surface area contributed by atoms with Gasteiger partial charge in [-0.05, 0) is 12.8 Å². The minimum Gasteiger partial charge on any atom is -0.481 e. The molecule has 16 heavy (non-hydrogen) atoms. The third-order valence-corrected chi connectivity index (χ3v) is 2.03. The van der Waals surface area contributed by atoms with Crippen molar-refractivity contribution >= 4 is 11.9 Å². The van der Waals surface area contributed by atoms with Gasteiger partial charge in [-0.25, -0.2) is 0 Å². The summed E-state index contributed by atoms with van der Waals surface area (Å²) in [6.45, 7) is 1.43. The monoisotopic (exact) mass is 241 g/mol. The van der Waals surface area contributed by atoms with Gasteiger partial charge in [0.05, 0.1) is 5.92 Å². The SMILES string of the molecule is CC(CCCCNC(=O)C(F)(F)F)C(=O)O. The number of nitrogens with one attached hydrogen (secondary N) is 1. The van der Waals surface area contributed by atoms with Crippen LogP contribution in [0.2, 0.25) is 0 Å². The molecule has 1 atom stereocenters. The molecular formula is C9H14F3NO3. The Hall–Kier alpha value is -1.27. The van der Waals surface area contributed by atoms with E-state index in [1.807, 2.05) is 0 Å². The Morgan fingerprint density at radius 1 is 1.31 bits per heavy atom. The van der Waals surface area contributed by atoms with E-state index in [4.69, 9.17) is 5.11 Å². The maximum atomic E-state index is 11.7. The molecule has 0 saturated carbocycles. The van der Waals surface area contributed by atoms with Gasteiger partial charge in [-0.15, -0.1) is 0 Å². The zero-order valence-corrected chi connectivity index (χ0v) is 8.80. The quantitative estimate of drug-likeness (QED) is 0.693. The first-order chi connectivity index (χ1) is 7.25. The van der Waals surface area contributed by atoms with Gasteiger partial charge in [0.15, 0.2) is 0 Å². The molecule has 2 N–H and O–H groups in total. The number of alkyl halides is 3. The van der Waals surface area contributed by atoms with E-state index in [9.17, 15) is 22.8 Å². The molecule has 1 unspecified atom stereocenters. The Balaban J connectivity index is 3.55. The summed E-state index contributed by atoms with van der Waals surface area (Å²) in [4.78, 5) is 20.7. The lowest BCUT2D eigenvalue weighted by molar-refractivity contribution is -0.173. The first-order valence-corrected chi connectivity index (χ1v) is 4.83. The van der Waals surface area contributed by atoms with Crippen molar-refractivity contribution in [2.45, 2.75) is 32.4 Å². The van der Waals surface area contributed by atoms with Gasteiger partial charge in [-0.3, -0.25) is 9.59 Å². The second kappa shape index (κ2) is 6.34.